The Hall–Kier alpha value is -2.10. The van der Waals surface area contributed by atoms with Crippen molar-refractivity contribution in [2.75, 3.05) is 6.61 Å². The second-order valence-electron chi connectivity index (χ2n) is 5.52. The Bertz CT molecular complexity index is 494. The molecule has 1 rings (SSSR count). The van der Waals surface area contributed by atoms with Gasteiger partial charge in [0.05, 0.1) is 6.42 Å². The lowest BCUT2D eigenvalue weighted by atomic mass is 10.0. The Balaban J connectivity index is 2.59. The quantitative estimate of drug-likeness (QED) is 0.620. The molecule has 0 bridgehead atoms. The first-order chi connectivity index (χ1) is 9.90. The molecule has 0 radical (unpaired) electrons. The highest BCUT2D eigenvalue weighted by atomic mass is 16.5. The second kappa shape index (κ2) is 8.25. The van der Waals surface area contributed by atoms with E-state index < -0.39 is 12.0 Å². The third kappa shape index (κ3) is 6.25. The molecule has 0 fully saturated rings. The molecule has 0 heterocycles. The third-order valence-corrected chi connectivity index (χ3v) is 2.91. The third-order valence-electron chi connectivity index (χ3n) is 2.91. The number of ether oxygens (including phenoxy) is 1. The van der Waals surface area contributed by atoms with Crippen LogP contribution in [-0.2, 0) is 20.7 Å². The fourth-order valence-corrected chi connectivity index (χ4v) is 1.79. The lowest BCUT2D eigenvalue weighted by Gasteiger charge is -2.21. The number of amides is 1. The van der Waals surface area contributed by atoms with E-state index in [1.165, 1.54) is 0 Å². The van der Waals surface area contributed by atoms with Gasteiger partial charge in [-0.25, -0.2) is 4.79 Å². The predicted octanol–water partition coefficient (Wildman–Crippen LogP) is 2.49. The van der Waals surface area contributed by atoms with Crippen molar-refractivity contribution >= 4 is 11.9 Å². The average Bonchev–Trinajstić information content (AvgIpc) is 2.43. The monoisotopic (exact) mass is 289 g/mol. The van der Waals surface area contributed by atoms with Crippen molar-refractivity contribution < 1.29 is 14.3 Å². The van der Waals surface area contributed by atoms with Crippen molar-refractivity contribution in [2.24, 2.45) is 5.92 Å². The van der Waals surface area contributed by atoms with E-state index in [2.05, 4.69) is 11.9 Å². The van der Waals surface area contributed by atoms with Crippen molar-refractivity contribution in [1.82, 2.24) is 5.32 Å². The summed E-state index contributed by atoms with van der Waals surface area (Å²) in [6.07, 6.45) is 0.248. The lowest BCUT2D eigenvalue weighted by Crippen LogP contribution is -2.46. The molecule has 4 nitrogen and oxygen atoms in total. The smallest absolute Gasteiger partial charge is 0.329 e. The first-order valence-electron chi connectivity index (χ1n) is 7.04. The Labute approximate surface area is 126 Å². The zero-order chi connectivity index (χ0) is 15.8. The molecule has 21 heavy (non-hydrogen) atoms. The van der Waals surface area contributed by atoms with Gasteiger partial charge < -0.3 is 10.1 Å². The number of carbonyl (C=O) groups is 2. The predicted molar refractivity (Wildman–Crippen MR) is 82.7 cm³/mol. The molecule has 4 heteroatoms. The van der Waals surface area contributed by atoms with Gasteiger partial charge >= 0.3 is 5.97 Å². The minimum Gasteiger partial charge on any atom is -0.460 e. The molecule has 1 aromatic rings. The number of carbonyl (C=O) groups excluding carboxylic acids is 2. The van der Waals surface area contributed by atoms with Crippen molar-refractivity contribution in [3.63, 3.8) is 0 Å². The van der Waals surface area contributed by atoms with Gasteiger partial charge in [0.2, 0.25) is 5.91 Å². The molecule has 0 saturated heterocycles. The van der Waals surface area contributed by atoms with Gasteiger partial charge in [-0.3, -0.25) is 4.79 Å². The van der Waals surface area contributed by atoms with Crippen molar-refractivity contribution in [2.45, 2.75) is 33.2 Å². The highest BCUT2D eigenvalue weighted by molar-refractivity contribution is 5.85. The van der Waals surface area contributed by atoms with Gasteiger partial charge in [0.25, 0.3) is 0 Å². The first kappa shape index (κ1) is 17.0. The molecule has 1 amide bonds. The van der Waals surface area contributed by atoms with E-state index in [0.29, 0.717) is 0 Å². The van der Waals surface area contributed by atoms with Crippen LogP contribution >= 0.6 is 0 Å². The molecule has 1 aromatic carbocycles. The molecule has 1 N–H and O–H groups in total. The zero-order valence-corrected chi connectivity index (χ0v) is 12.9. The van der Waals surface area contributed by atoms with Crippen molar-refractivity contribution in [1.29, 1.82) is 0 Å². The normalized spacial score (nSPS) is 11.8. The highest BCUT2D eigenvalue weighted by Crippen LogP contribution is 2.06. The largest absolute Gasteiger partial charge is 0.460 e. The van der Waals surface area contributed by atoms with Crippen LogP contribution in [0.1, 0.15) is 26.3 Å². The zero-order valence-electron chi connectivity index (χ0n) is 12.9. The molecule has 114 valence electrons. The molecule has 0 spiro atoms. The maximum atomic E-state index is 12.0. The van der Waals surface area contributed by atoms with E-state index >= 15 is 0 Å². The summed E-state index contributed by atoms with van der Waals surface area (Å²) >= 11 is 0. The van der Waals surface area contributed by atoms with Gasteiger partial charge in [0, 0.05) is 0 Å². The van der Waals surface area contributed by atoms with Crippen LogP contribution in [0.25, 0.3) is 0 Å². The van der Waals surface area contributed by atoms with Crippen LogP contribution in [-0.4, -0.2) is 24.5 Å². The van der Waals surface area contributed by atoms with Gasteiger partial charge in [-0.2, -0.15) is 0 Å². The van der Waals surface area contributed by atoms with E-state index in [9.17, 15) is 9.59 Å². The summed E-state index contributed by atoms with van der Waals surface area (Å²) in [5.74, 6) is -0.649. The van der Waals surface area contributed by atoms with Crippen LogP contribution in [0.5, 0.6) is 0 Å². The van der Waals surface area contributed by atoms with Crippen LogP contribution in [0.4, 0.5) is 0 Å². The number of hydrogen-bond acceptors (Lipinski definition) is 3. The summed E-state index contributed by atoms with van der Waals surface area (Å²) in [6, 6.07) is 8.77. The van der Waals surface area contributed by atoms with E-state index in [0.717, 1.165) is 11.1 Å². The fourth-order valence-electron chi connectivity index (χ4n) is 1.79. The summed E-state index contributed by atoms with van der Waals surface area (Å²) in [4.78, 5) is 24.0. The molecule has 1 atom stereocenters. The number of rotatable bonds is 7. The second-order valence-corrected chi connectivity index (χ2v) is 5.52. The van der Waals surface area contributed by atoms with E-state index in [1.54, 1.807) is 6.92 Å². The van der Waals surface area contributed by atoms with Crippen LogP contribution in [0.15, 0.2) is 42.5 Å². The summed E-state index contributed by atoms with van der Waals surface area (Å²) < 4.78 is 5.12. The summed E-state index contributed by atoms with van der Waals surface area (Å²) in [5.41, 5.74) is 1.68. The molecule has 0 saturated carbocycles. The summed E-state index contributed by atoms with van der Waals surface area (Å²) in [5, 5.41) is 2.75. The average molecular weight is 289 g/mol. The van der Waals surface area contributed by atoms with Crippen LogP contribution in [0, 0.1) is 5.92 Å². The van der Waals surface area contributed by atoms with Crippen molar-refractivity contribution in [3.05, 3.63) is 48.0 Å². The summed E-state index contributed by atoms with van der Waals surface area (Å²) in [7, 11) is 0. The Morgan fingerprint density at radius 1 is 1.24 bits per heavy atom. The Kier molecular flexibility index (Phi) is 6.66. The van der Waals surface area contributed by atoms with Crippen molar-refractivity contribution in [3.8, 4) is 0 Å². The Morgan fingerprint density at radius 2 is 1.86 bits per heavy atom. The summed E-state index contributed by atoms with van der Waals surface area (Å²) in [6.45, 7) is 9.39. The molecule has 0 aliphatic rings. The number of benzene rings is 1. The van der Waals surface area contributed by atoms with Gasteiger partial charge in [-0.1, -0.05) is 50.8 Å². The Morgan fingerprint density at radius 3 is 2.38 bits per heavy atom. The topological polar surface area (TPSA) is 55.4 Å². The lowest BCUT2D eigenvalue weighted by molar-refractivity contribution is -0.148. The standard InChI is InChI=1S/C17H23NO3/c1-12(2)11-21-17(20)16(13(3)4)18-15(19)10-14-8-6-5-7-9-14/h5-9,13,16H,1,10-11H2,2-4H3,(H,18,19). The van der Waals surface area contributed by atoms with Crippen LogP contribution in [0.3, 0.4) is 0 Å². The minimum atomic E-state index is -0.638. The van der Waals surface area contributed by atoms with Gasteiger partial charge in [-0.05, 0) is 24.0 Å². The molecule has 0 aromatic heterocycles. The highest BCUT2D eigenvalue weighted by Gasteiger charge is 2.25. The molecular weight excluding hydrogens is 266 g/mol. The van der Waals surface area contributed by atoms with Gasteiger partial charge in [0.1, 0.15) is 12.6 Å². The molecular formula is C17H23NO3. The first-order valence-corrected chi connectivity index (χ1v) is 7.04. The number of esters is 1. The fraction of sp³-hybridized carbons (Fsp3) is 0.412. The van der Waals surface area contributed by atoms with Gasteiger partial charge in [-0.15, -0.1) is 0 Å². The number of hydrogen-bond donors (Lipinski definition) is 1. The van der Waals surface area contributed by atoms with Crippen LogP contribution in [0.2, 0.25) is 0 Å². The minimum absolute atomic E-state index is 0.0395. The van der Waals surface area contributed by atoms with Crippen LogP contribution < -0.4 is 5.32 Å². The molecule has 0 aliphatic carbocycles. The van der Waals surface area contributed by atoms with E-state index in [4.69, 9.17) is 4.74 Å². The SMILES string of the molecule is C=C(C)COC(=O)C(NC(=O)Cc1ccccc1)C(C)C. The maximum absolute atomic E-state index is 12.0. The van der Waals surface area contributed by atoms with E-state index in [1.807, 2.05) is 44.2 Å². The molecule has 1 unspecified atom stereocenters. The molecule has 0 aliphatic heterocycles. The van der Waals surface area contributed by atoms with E-state index in [-0.39, 0.29) is 24.9 Å². The number of nitrogens with one attached hydrogen (secondary N) is 1. The van der Waals surface area contributed by atoms with Gasteiger partial charge in [0.15, 0.2) is 0 Å². The maximum Gasteiger partial charge on any atom is 0.329 e.